The second-order valence-corrected chi connectivity index (χ2v) is 6.63. The van der Waals surface area contributed by atoms with Gasteiger partial charge in [-0.1, -0.05) is 18.2 Å². The highest BCUT2D eigenvalue weighted by atomic mass is 16.5. The van der Waals surface area contributed by atoms with E-state index in [1.54, 1.807) is 21.3 Å². The lowest BCUT2D eigenvalue weighted by Gasteiger charge is -2.28. The highest BCUT2D eigenvalue weighted by molar-refractivity contribution is 5.46. The van der Waals surface area contributed by atoms with Crippen LogP contribution in [0.3, 0.4) is 0 Å². The van der Waals surface area contributed by atoms with Crippen LogP contribution < -0.4 is 18.9 Å². The Kier molecular flexibility index (Phi) is 6.67. The molecule has 3 rings (SSSR count). The fourth-order valence-electron chi connectivity index (χ4n) is 3.51. The van der Waals surface area contributed by atoms with Crippen molar-refractivity contribution in [1.82, 2.24) is 4.57 Å². The molecule has 0 bridgehead atoms. The number of aliphatic hydroxyl groups is 1. The number of ether oxygens (including phenoxy) is 4. The van der Waals surface area contributed by atoms with Crippen molar-refractivity contribution in [2.24, 2.45) is 7.05 Å². The van der Waals surface area contributed by atoms with Gasteiger partial charge in [-0.15, -0.1) is 0 Å². The minimum absolute atomic E-state index is 0.178. The van der Waals surface area contributed by atoms with Gasteiger partial charge in [-0.3, -0.25) is 0 Å². The Morgan fingerprint density at radius 1 is 0.828 bits per heavy atom. The summed E-state index contributed by atoms with van der Waals surface area (Å²) in [5.74, 6) is 2.22. The van der Waals surface area contributed by atoms with Crippen LogP contribution in [0.15, 0.2) is 60.8 Å². The third kappa shape index (κ3) is 4.32. The van der Waals surface area contributed by atoms with E-state index in [0.29, 0.717) is 23.0 Å². The summed E-state index contributed by atoms with van der Waals surface area (Å²) in [6.07, 6.45) is 1.43. The summed E-state index contributed by atoms with van der Waals surface area (Å²) in [6.45, 7) is -0.178. The van der Waals surface area contributed by atoms with Gasteiger partial charge in [0.25, 0.3) is 0 Å². The number of methoxy groups -OCH3 is 3. The quantitative estimate of drug-likeness (QED) is 0.598. The van der Waals surface area contributed by atoms with Crippen molar-refractivity contribution in [3.05, 3.63) is 72.1 Å². The third-order valence-electron chi connectivity index (χ3n) is 4.97. The molecule has 6 nitrogen and oxygen atoms in total. The monoisotopic (exact) mass is 397 g/mol. The smallest absolute Gasteiger partial charge is 0.161 e. The predicted molar refractivity (Wildman–Crippen MR) is 111 cm³/mol. The molecule has 1 aromatic heterocycles. The molecule has 0 aliphatic carbocycles. The van der Waals surface area contributed by atoms with E-state index in [1.165, 1.54) is 0 Å². The minimum atomic E-state index is -0.544. The van der Waals surface area contributed by atoms with Gasteiger partial charge in [-0.05, 0) is 42.0 Å². The summed E-state index contributed by atoms with van der Waals surface area (Å²) in [6, 6.07) is 17.2. The molecule has 0 aliphatic rings. The maximum Gasteiger partial charge on any atom is 0.161 e. The molecule has 0 radical (unpaired) electrons. The Morgan fingerprint density at radius 3 is 2.07 bits per heavy atom. The van der Waals surface area contributed by atoms with E-state index in [9.17, 15) is 5.11 Å². The van der Waals surface area contributed by atoms with E-state index in [0.717, 1.165) is 11.3 Å². The van der Waals surface area contributed by atoms with Gasteiger partial charge >= 0.3 is 0 Å². The first-order chi connectivity index (χ1) is 14.1. The summed E-state index contributed by atoms with van der Waals surface area (Å²) >= 11 is 0. The second kappa shape index (κ2) is 9.39. The fraction of sp³-hybridized carbons (Fsp3) is 0.304. The van der Waals surface area contributed by atoms with Gasteiger partial charge in [-0.2, -0.15) is 0 Å². The summed E-state index contributed by atoms with van der Waals surface area (Å²) in [4.78, 5) is 0. The molecule has 0 saturated carbocycles. The van der Waals surface area contributed by atoms with E-state index in [-0.39, 0.29) is 12.5 Å². The molecule has 2 atom stereocenters. The van der Waals surface area contributed by atoms with Crippen molar-refractivity contribution in [3.63, 3.8) is 0 Å². The molecule has 29 heavy (non-hydrogen) atoms. The second-order valence-electron chi connectivity index (χ2n) is 6.63. The number of hydrogen-bond acceptors (Lipinski definition) is 5. The number of nitrogens with zero attached hydrogens (tertiary/aromatic N) is 1. The van der Waals surface area contributed by atoms with Crippen molar-refractivity contribution in [3.8, 4) is 23.0 Å². The molecule has 2 unspecified atom stereocenters. The Labute approximate surface area is 171 Å². The minimum Gasteiger partial charge on any atom is -0.493 e. The van der Waals surface area contributed by atoms with Crippen molar-refractivity contribution in [2.45, 2.75) is 12.0 Å². The lowest BCUT2D eigenvalue weighted by Crippen LogP contribution is -2.31. The van der Waals surface area contributed by atoms with E-state index in [4.69, 9.17) is 18.9 Å². The molecular weight excluding hydrogens is 370 g/mol. The number of aryl methyl sites for hydroxylation is 1. The van der Waals surface area contributed by atoms with E-state index in [2.05, 4.69) is 0 Å². The molecule has 2 aromatic carbocycles. The first-order valence-corrected chi connectivity index (χ1v) is 9.36. The first-order valence-electron chi connectivity index (χ1n) is 9.36. The zero-order chi connectivity index (χ0) is 20.8. The molecule has 0 amide bonds. The number of aromatic nitrogens is 1. The Bertz CT molecular complexity index is 937. The highest BCUT2D eigenvalue weighted by Gasteiger charge is 2.30. The Balaban J connectivity index is 2.06. The van der Waals surface area contributed by atoms with Crippen LogP contribution >= 0.6 is 0 Å². The maximum atomic E-state index is 10.3. The van der Waals surface area contributed by atoms with Crippen LogP contribution in [-0.4, -0.2) is 43.7 Å². The molecule has 6 heteroatoms. The van der Waals surface area contributed by atoms with Crippen LogP contribution in [0.2, 0.25) is 0 Å². The summed E-state index contributed by atoms with van der Waals surface area (Å²) < 4.78 is 24.5. The molecule has 0 fully saturated rings. The first kappa shape index (κ1) is 20.6. The van der Waals surface area contributed by atoms with Crippen molar-refractivity contribution in [2.75, 3.05) is 27.9 Å². The third-order valence-corrected chi connectivity index (χ3v) is 4.97. The number of benzene rings is 2. The zero-order valence-corrected chi connectivity index (χ0v) is 17.2. The normalized spacial score (nSPS) is 12.9. The molecule has 154 valence electrons. The van der Waals surface area contributed by atoms with E-state index in [1.807, 2.05) is 72.4 Å². The molecule has 0 spiro atoms. The van der Waals surface area contributed by atoms with Crippen LogP contribution in [0.4, 0.5) is 0 Å². The van der Waals surface area contributed by atoms with Gasteiger partial charge in [0.15, 0.2) is 23.0 Å². The van der Waals surface area contributed by atoms with Gasteiger partial charge < -0.3 is 28.6 Å². The number of hydrogen-bond donors (Lipinski definition) is 1. The number of para-hydroxylation sites is 2. The fourth-order valence-corrected chi connectivity index (χ4v) is 3.51. The molecule has 1 heterocycles. The van der Waals surface area contributed by atoms with Crippen LogP contribution in [-0.2, 0) is 7.05 Å². The zero-order valence-electron chi connectivity index (χ0n) is 17.2. The molecule has 0 saturated heterocycles. The van der Waals surface area contributed by atoms with E-state index < -0.39 is 6.10 Å². The van der Waals surface area contributed by atoms with Crippen LogP contribution in [0.5, 0.6) is 23.0 Å². The van der Waals surface area contributed by atoms with E-state index >= 15 is 0 Å². The largest absolute Gasteiger partial charge is 0.493 e. The predicted octanol–water partition coefficient (Wildman–Crippen LogP) is 3.62. The maximum absolute atomic E-state index is 10.3. The summed E-state index contributed by atoms with van der Waals surface area (Å²) in [7, 11) is 6.78. The Hall–Kier alpha value is -3.12. The van der Waals surface area contributed by atoms with Crippen molar-refractivity contribution >= 4 is 0 Å². The van der Waals surface area contributed by atoms with Gasteiger partial charge in [0.1, 0.15) is 6.10 Å². The molecule has 3 aromatic rings. The average Bonchev–Trinajstić information content (AvgIpc) is 3.18. The van der Waals surface area contributed by atoms with Crippen LogP contribution in [0.1, 0.15) is 17.2 Å². The van der Waals surface area contributed by atoms with Crippen molar-refractivity contribution < 1.29 is 24.1 Å². The van der Waals surface area contributed by atoms with Crippen LogP contribution in [0.25, 0.3) is 0 Å². The molecule has 0 aliphatic heterocycles. The summed E-state index contributed by atoms with van der Waals surface area (Å²) in [5, 5.41) is 10.3. The van der Waals surface area contributed by atoms with Crippen molar-refractivity contribution in [1.29, 1.82) is 0 Å². The highest BCUT2D eigenvalue weighted by Crippen LogP contribution is 2.37. The topological polar surface area (TPSA) is 62.1 Å². The number of rotatable bonds is 9. The lowest BCUT2D eigenvalue weighted by atomic mass is 9.89. The number of aliphatic hydroxyl groups excluding tert-OH is 1. The van der Waals surface area contributed by atoms with Gasteiger partial charge in [0, 0.05) is 18.9 Å². The van der Waals surface area contributed by atoms with Crippen LogP contribution in [0, 0.1) is 0 Å². The Morgan fingerprint density at radius 2 is 1.48 bits per heavy atom. The standard InChI is InChI=1S/C23H27NO5/c1-24-13-7-8-17(24)23(16-11-12-19(27-3)21(14-16)28-4)22(15-25)29-20-10-6-5-9-18(20)26-2/h5-14,22-23,25H,15H2,1-4H3. The molecular formula is C23H27NO5. The summed E-state index contributed by atoms with van der Waals surface area (Å²) in [5.41, 5.74) is 1.95. The van der Waals surface area contributed by atoms with Gasteiger partial charge in [-0.25, -0.2) is 0 Å². The van der Waals surface area contributed by atoms with Gasteiger partial charge in [0.05, 0.1) is 33.9 Å². The lowest BCUT2D eigenvalue weighted by molar-refractivity contribution is 0.0979. The molecule has 1 N–H and O–H groups in total. The van der Waals surface area contributed by atoms with Gasteiger partial charge in [0.2, 0.25) is 0 Å². The average molecular weight is 397 g/mol. The SMILES string of the molecule is COc1ccc(C(c2cccn2C)C(CO)Oc2ccccc2OC)cc1OC.